The third-order valence-corrected chi connectivity index (χ3v) is 3.09. The van der Waals surface area contributed by atoms with E-state index < -0.39 is 5.82 Å². The molecule has 0 radical (unpaired) electrons. The van der Waals surface area contributed by atoms with Crippen LogP contribution in [0.5, 0.6) is 0 Å². The summed E-state index contributed by atoms with van der Waals surface area (Å²) in [5, 5.41) is 6.14. The Morgan fingerprint density at radius 1 is 1.44 bits per heavy atom. The third kappa shape index (κ3) is 4.27. The van der Waals surface area contributed by atoms with Crippen molar-refractivity contribution in [2.75, 3.05) is 6.54 Å². The maximum absolute atomic E-state index is 13.1. The molecule has 5 heteroatoms. The molecule has 2 rings (SSSR count). The third-order valence-electron chi connectivity index (χ3n) is 2.78. The van der Waals surface area contributed by atoms with Gasteiger partial charge in [-0.1, -0.05) is 17.7 Å². The molecule has 0 spiro atoms. The molecule has 0 unspecified atom stereocenters. The van der Waals surface area contributed by atoms with Gasteiger partial charge in [0.1, 0.15) is 5.82 Å². The monoisotopic (exact) mass is 270 g/mol. The molecule has 0 heterocycles. The van der Waals surface area contributed by atoms with Crippen molar-refractivity contribution < 1.29 is 9.18 Å². The minimum atomic E-state index is -0.414. The first-order chi connectivity index (χ1) is 8.65. The molecular formula is C13H16ClFN2O. The second-order valence-corrected chi connectivity index (χ2v) is 4.92. The van der Waals surface area contributed by atoms with E-state index in [1.165, 1.54) is 12.1 Å². The summed E-state index contributed by atoms with van der Waals surface area (Å²) in [6, 6.07) is 5.11. The van der Waals surface area contributed by atoms with Gasteiger partial charge in [0.25, 0.3) is 0 Å². The van der Waals surface area contributed by atoms with E-state index in [1.54, 1.807) is 6.07 Å². The van der Waals surface area contributed by atoms with E-state index in [-0.39, 0.29) is 10.9 Å². The molecule has 1 aliphatic rings. The lowest BCUT2D eigenvalue weighted by Crippen LogP contribution is -2.29. The van der Waals surface area contributed by atoms with Crippen LogP contribution in [0.3, 0.4) is 0 Å². The molecule has 98 valence electrons. The number of halogens is 2. The van der Waals surface area contributed by atoms with Gasteiger partial charge in [-0.05, 0) is 30.5 Å². The van der Waals surface area contributed by atoms with Gasteiger partial charge in [-0.2, -0.15) is 0 Å². The molecule has 1 aromatic carbocycles. The SMILES string of the molecule is O=C(CCNCc1ccc(Cl)c(F)c1)NC1CC1. The lowest BCUT2D eigenvalue weighted by Gasteiger charge is -2.06. The fourth-order valence-corrected chi connectivity index (χ4v) is 1.73. The lowest BCUT2D eigenvalue weighted by atomic mass is 10.2. The molecule has 0 atom stereocenters. The van der Waals surface area contributed by atoms with Crippen molar-refractivity contribution in [3.63, 3.8) is 0 Å². The maximum Gasteiger partial charge on any atom is 0.221 e. The van der Waals surface area contributed by atoms with Gasteiger partial charge in [0.15, 0.2) is 0 Å². The zero-order chi connectivity index (χ0) is 13.0. The van der Waals surface area contributed by atoms with Crippen molar-refractivity contribution in [2.24, 2.45) is 0 Å². The van der Waals surface area contributed by atoms with Gasteiger partial charge in [0, 0.05) is 25.6 Å². The molecule has 1 saturated carbocycles. The van der Waals surface area contributed by atoms with E-state index in [0.717, 1.165) is 18.4 Å². The standard InChI is InChI=1S/C13H16ClFN2O/c14-11-4-1-9(7-12(11)15)8-16-6-5-13(18)17-10-2-3-10/h1,4,7,10,16H,2-3,5-6,8H2,(H,17,18). The molecular weight excluding hydrogens is 255 g/mol. The van der Waals surface area contributed by atoms with Gasteiger partial charge in [0.05, 0.1) is 5.02 Å². The highest BCUT2D eigenvalue weighted by Crippen LogP contribution is 2.18. The summed E-state index contributed by atoms with van der Waals surface area (Å²) < 4.78 is 13.1. The molecule has 0 aromatic heterocycles. The molecule has 18 heavy (non-hydrogen) atoms. The van der Waals surface area contributed by atoms with Gasteiger partial charge >= 0.3 is 0 Å². The van der Waals surface area contributed by atoms with Crippen molar-refractivity contribution in [1.82, 2.24) is 10.6 Å². The zero-order valence-electron chi connectivity index (χ0n) is 10.0. The van der Waals surface area contributed by atoms with Crippen molar-refractivity contribution in [2.45, 2.75) is 31.8 Å². The Labute approximate surface area is 111 Å². The summed E-state index contributed by atoms with van der Waals surface area (Å²) >= 11 is 5.59. The van der Waals surface area contributed by atoms with Crippen LogP contribution in [0.1, 0.15) is 24.8 Å². The highest BCUT2D eigenvalue weighted by Gasteiger charge is 2.22. The van der Waals surface area contributed by atoms with Gasteiger partial charge in [-0.25, -0.2) is 4.39 Å². The number of benzene rings is 1. The Kier molecular flexibility index (Phi) is 4.55. The van der Waals surface area contributed by atoms with Crippen LogP contribution in [0, 0.1) is 5.82 Å². The van der Waals surface area contributed by atoms with Gasteiger partial charge in [0.2, 0.25) is 5.91 Å². The van der Waals surface area contributed by atoms with E-state index in [9.17, 15) is 9.18 Å². The smallest absolute Gasteiger partial charge is 0.221 e. The summed E-state index contributed by atoms with van der Waals surface area (Å²) in [6.45, 7) is 1.12. The predicted octanol–water partition coefficient (Wildman–Crippen LogP) is 2.24. The lowest BCUT2D eigenvalue weighted by molar-refractivity contribution is -0.121. The molecule has 2 N–H and O–H groups in total. The first kappa shape index (κ1) is 13.3. The molecule has 0 saturated heterocycles. The molecule has 0 aliphatic heterocycles. The van der Waals surface area contributed by atoms with Crippen LogP contribution in [0.15, 0.2) is 18.2 Å². The van der Waals surface area contributed by atoms with Crippen molar-refractivity contribution in [3.8, 4) is 0 Å². The average molecular weight is 271 g/mol. The van der Waals surface area contributed by atoms with Crippen molar-refractivity contribution >= 4 is 17.5 Å². The number of rotatable bonds is 6. The van der Waals surface area contributed by atoms with Crippen LogP contribution in [0.2, 0.25) is 5.02 Å². The van der Waals surface area contributed by atoms with E-state index >= 15 is 0 Å². The molecule has 1 fully saturated rings. The highest BCUT2D eigenvalue weighted by molar-refractivity contribution is 6.30. The molecule has 1 amide bonds. The van der Waals surface area contributed by atoms with Crippen molar-refractivity contribution in [3.05, 3.63) is 34.6 Å². The molecule has 1 aliphatic carbocycles. The van der Waals surface area contributed by atoms with Crippen LogP contribution in [0.4, 0.5) is 4.39 Å². The van der Waals surface area contributed by atoms with Crippen LogP contribution < -0.4 is 10.6 Å². The van der Waals surface area contributed by atoms with E-state index in [0.29, 0.717) is 25.6 Å². The van der Waals surface area contributed by atoms with Gasteiger partial charge in [-0.15, -0.1) is 0 Å². The topological polar surface area (TPSA) is 41.1 Å². The Balaban J connectivity index is 1.64. The van der Waals surface area contributed by atoms with E-state index in [1.807, 2.05) is 0 Å². The number of carbonyl (C=O) groups excluding carboxylic acids is 1. The number of amides is 1. The molecule has 1 aromatic rings. The first-order valence-electron chi connectivity index (χ1n) is 6.09. The number of nitrogens with one attached hydrogen (secondary N) is 2. The van der Waals surface area contributed by atoms with Gasteiger partial charge in [-0.3, -0.25) is 4.79 Å². The quantitative estimate of drug-likeness (QED) is 0.779. The summed E-state index contributed by atoms with van der Waals surface area (Å²) in [7, 11) is 0. The fraction of sp³-hybridized carbons (Fsp3) is 0.462. The minimum Gasteiger partial charge on any atom is -0.353 e. The second kappa shape index (κ2) is 6.16. The summed E-state index contributed by atoms with van der Waals surface area (Å²) in [5.74, 6) is -0.338. The van der Waals surface area contributed by atoms with Crippen LogP contribution in [0.25, 0.3) is 0 Å². The largest absolute Gasteiger partial charge is 0.353 e. The van der Waals surface area contributed by atoms with Gasteiger partial charge < -0.3 is 10.6 Å². The Morgan fingerprint density at radius 2 is 2.22 bits per heavy atom. The summed E-state index contributed by atoms with van der Waals surface area (Å²) in [6.07, 6.45) is 2.65. The molecule has 0 bridgehead atoms. The maximum atomic E-state index is 13.1. The molecule has 3 nitrogen and oxygen atoms in total. The van der Waals surface area contributed by atoms with Crippen molar-refractivity contribution in [1.29, 1.82) is 0 Å². The Morgan fingerprint density at radius 3 is 2.89 bits per heavy atom. The Bertz CT molecular complexity index is 435. The van der Waals surface area contributed by atoms with Crippen LogP contribution in [-0.2, 0) is 11.3 Å². The minimum absolute atomic E-state index is 0.0762. The predicted molar refractivity (Wildman–Crippen MR) is 68.9 cm³/mol. The highest BCUT2D eigenvalue weighted by atomic mass is 35.5. The summed E-state index contributed by atoms with van der Waals surface area (Å²) in [5.41, 5.74) is 0.819. The normalized spacial score (nSPS) is 14.6. The van der Waals surface area contributed by atoms with Crippen LogP contribution >= 0.6 is 11.6 Å². The first-order valence-corrected chi connectivity index (χ1v) is 6.47. The average Bonchev–Trinajstić information content (AvgIpc) is 3.13. The van der Waals surface area contributed by atoms with E-state index in [4.69, 9.17) is 11.6 Å². The van der Waals surface area contributed by atoms with E-state index in [2.05, 4.69) is 10.6 Å². The summed E-state index contributed by atoms with van der Waals surface area (Å²) in [4.78, 5) is 11.4. The second-order valence-electron chi connectivity index (χ2n) is 4.52. The number of carbonyl (C=O) groups is 1. The Hall–Kier alpha value is -1.13. The fourth-order valence-electron chi connectivity index (χ4n) is 1.61. The number of hydrogen-bond donors (Lipinski definition) is 2. The number of hydrogen-bond acceptors (Lipinski definition) is 2. The zero-order valence-corrected chi connectivity index (χ0v) is 10.8. The van der Waals surface area contributed by atoms with Crippen LogP contribution in [-0.4, -0.2) is 18.5 Å².